The van der Waals surface area contributed by atoms with Gasteiger partial charge < -0.3 is 11.1 Å². The molecule has 3 N–H and O–H groups in total. The molecule has 7 heteroatoms. The number of nitrogens with one attached hydrogen (secondary N) is 1. The maximum atomic E-state index is 12.8. The van der Waals surface area contributed by atoms with Crippen molar-refractivity contribution in [3.8, 4) is 0 Å². The number of imide groups is 1. The van der Waals surface area contributed by atoms with Crippen LogP contribution < -0.4 is 11.1 Å². The third-order valence-corrected chi connectivity index (χ3v) is 5.98. The maximum absolute atomic E-state index is 12.8. The smallest absolute Gasteiger partial charge is 0.261 e. The molecule has 3 amide bonds. The number of benzene rings is 2. The van der Waals surface area contributed by atoms with E-state index < -0.39 is 0 Å². The number of carbonyl (C=O) groups is 3. The lowest BCUT2D eigenvalue weighted by atomic mass is 10.0. The van der Waals surface area contributed by atoms with E-state index in [0.717, 1.165) is 24.8 Å². The van der Waals surface area contributed by atoms with Crippen molar-refractivity contribution < 1.29 is 14.4 Å². The van der Waals surface area contributed by atoms with Crippen LogP contribution in [0.4, 0.5) is 0 Å². The number of fused-ring (bicyclic) bond motifs is 1. The minimum atomic E-state index is -0.337. The van der Waals surface area contributed by atoms with Gasteiger partial charge in [0.2, 0.25) is 0 Å². The normalized spacial score (nSPS) is 20.1. The molecule has 0 radical (unpaired) electrons. The number of hydrogen-bond donors (Lipinski definition) is 2. The summed E-state index contributed by atoms with van der Waals surface area (Å²) in [5.74, 6) is -0.561. The first kappa shape index (κ1) is 22.0. The zero-order chi connectivity index (χ0) is 20.4. The summed E-state index contributed by atoms with van der Waals surface area (Å²) in [6.07, 6.45) is 3.60. The third kappa shape index (κ3) is 4.25. The average Bonchev–Trinajstić information content (AvgIpc) is 3.29. The monoisotopic (exact) mass is 427 g/mol. The summed E-state index contributed by atoms with van der Waals surface area (Å²) >= 11 is 0. The molecule has 2 aromatic carbocycles. The van der Waals surface area contributed by atoms with Crippen molar-refractivity contribution in [1.29, 1.82) is 0 Å². The first-order valence-electron chi connectivity index (χ1n) is 10.1. The highest BCUT2D eigenvalue weighted by molar-refractivity contribution is 6.22. The number of amides is 3. The van der Waals surface area contributed by atoms with Crippen LogP contribution in [0.5, 0.6) is 0 Å². The molecule has 1 aliphatic carbocycles. The number of halogens is 1. The SMILES string of the molecule is Cl.NCC1CCCC1NC(=O)c1ccc2c(c1)C(=O)N(CCc1ccccc1)C2=O. The minimum Gasteiger partial charge on any atom is -0.349 e. The Balaban J connectivity index is 0.00000256. The summed E-state index contributed by atoms with van der Waals surface area (Å²) in [6.45, 7) is 0.872. The Morgan fingerprint density at radius 2 is 1.77 bits per heavy atom. The van der Waals surface area contributed by atoms with Crippen molar-refractivity contribution in [3.63, 3.8) is 0 Å². The van der Waals surface area contributed by atoms with Gasteiger partial charge in [-0.25, -0.2) is 0 Å². The van der Waals surface area contributed by atoms with Crippen LogP contribution in [0.2, 0.25) is 0 Å². The van der Waals surface area contributed by atoms with Gasteiger partial charge in [0.25, 0.3) is 17.7 Å². The molecule has 0 spiro atoms. The second-order valence-electron chi connectivity index (χ2n) is 7.76. The van der Waals surface area contributed by atoms with Crippen molar-refractivity contribution in [1.82, 2.24) is 10.2 Å². The lowest BCUT2D eigenvalue weighted by Gasteiger charge is -2.19. The molecule has 6 nitrogen and oxygen atoms in total. The van der Waals surface area contributed by atoms with Gasteiger partial charge in [0.15, 0.2) is 0 Å². The Morgan fingerprint density at radius 1 is 1.03 bits per heavy atom. The maximum Gasteiger partial charge on any atom is 0.261 e. The van der Waals surface area contributed by atoms with E-state index in [2.05, 4.69) is 5.32 Å². The lowest BCUT2D eigenvalue weighted by molar-refractivity contribution is 0.0656. The quantitative estimate of drug-likeness (QED) is 0.693. The molecule has 30 heavy (non-hydrogen) atoms. The highest BCUT2D eigenvalue weighted by atomic mass is 35.5. The molecule has 2 aromatic rings. The van der Waals surface area contributed by atoms with Crippen LogP contribution in [0.15, 0.2) is 48.5 Å². The van der Waals surface area contributed by atoms with Crippen LogP contribution in [0.3, 0.4) is 0 Å². The van der Waals surface area contributed by atoms with Gasteiger partial charge in [-0.2, -0.15) is 0 Å². The summed E-state index contributed by atoms with van der Waals surface area (Å²) in [7, 11) is 0. The van der Waals surface area contributed by atoms with Crippen molar-refractivity contribution in [2.24, 2.45) is 11.7 Å². The highest BCUT2D eigenvalue weighted by Crippen LogP contribution is 2.27. The van der Waals surface area contributed by atoms with Crippen molar-refractivity contribution in [2.45, 2.75) is 31.7 Å². The van der Waals surface area contributed by atoms with E-state index in [-0.39, 0.29) is 36.2 Å². The van der Waals surface area contributed by atoms with Crippen molar-refractivity contribution in [2.75, 3.05) is 13.1 Å². The average molecular weight is 428 g/mol. The molecular formula is C23H26ClN3O3. The molecule has 1 fully saturated rings. The van der Waals surface area contributed by atoms with Gasteiger partial charge in [0.1, 0.15) is 0 Å². The fourth-order valence-electron chi connectivity index (χ4n) is 4.28. The topological polar surface area (TPSA) is 92.5 Å². The molecule has 158 valence electrons. The molecule has 0 saturated heterocycles. The van der Waals surface area contributed by atoms with E-state index in [1.165, 1.54) is 4.90 Å². The zero-order valence-electron chi connectivity index (χ0n) is 16.7. The fourth-order valence-corrected chi connectivity index (χ4v) is 4.28. The lowest BCUT2D eigenvalue weighted by Crippen LogP contribution is -2.39. The molecule has 2 aliphatic rings. The van der Waals surface area contributed by atoms with Crippen LogP contribution in [-0.4, -0.2) is 41.8 Å². The van der Waals surface area contributed by atoms with Crippen LogP contribution in [0.1, 0.15) is 55.9 Å². The van der Waals surface area contributed by atoms with Crippen LogP contribution in [0, 0.1) is 5.92 Å². The molecule has 4 rings (SSSR count). The molecule has 1 heterocycles. The van der Waals surface area contributed by atoms with Gasteiger partial charge in [0.05, 0.1) is 11.1 Å². The molecule has 2 atom stereocenters. The van der Waals surface area contributed by atoms with E-state index in [1.54, 1.807) is 18.2 Å². The first-order chi connectivity index (χ1) is 14.1. The fraction of sp³-hybridized carbons (Fsp3) is 0.348. The predicted molar refractivity (Wildman–Crippen MR) is 117 cm³/mol. The van der Waals surface area contributed by atoms with Crippen molar-refractivity contribution >= 4 is 30.1 Å². The van der Waals surface area contributed by atoms with E-state index in [9.17, 15) is 14.4 Å². The second kappa shape index (κ2) is 9.41. The highest BCUT2D eigenvalue weighted by Gasteiger charge is 2.36. The van der Waals surface area contributed by atoms with Gasteiger partial charge >= 0.3 is 0 Å². The largest absolute Gasteiger partial charge is 0.349 e. The summed E-state index contributed by atoms with van der Waals surface area (Å²) in [4.78, 5) is 39.4. The van der Waals surface area contributed by atoms with E-state index in [4.69, 9.17) is 5.73 Å². The molecule has 1 aliphatic heterocycles. The Labute approximate surface area is 182 Å². The number of nitrogens with zero attached hydrogens (tertiary/aromatic N) is 1. The van der Waals surface area contributed by atoms with Gasteiger partial charge in [-0.1, -0.05) is 36.8 Å². The molecule has 1 saturated carbocycles. The molecule has 2 unspecified atom stereocenters. The summed E-state index contributed by atoms with van der Waals surface area (Å²) in [6, 6.07) is 14.6. The third-order valence-electron chi connectivity index (χ3n) is 5.98. The minimum absolute atomic E-state index is 0. The van der Waals surface area contributed by atoms with Crippen LogP contribution in [-0.2, 0) is 6.42 Å². The van der Waals surface area contributed by atoms with Gasteiger partial charge in [-0.15, -0.1) is 12.4 Å². The Morgan fingerprint density at radius 3 is 2.50 bits per heavy atom. The van der Waals surface area contributed by atoms with E-state index >= 15 is 0 Å². The summed E-state index contributed by atoms with van der Waals surface area (Å²) in [5.41, 5.74) is 7.92. The number of nitrogens with two attached hydrogens (primary N) is 1. The van der Waals surface area contributed by atoms with Gasteiger partial charge in [0, 0.05) is 18.2 Å². The van der Waals surface area contributed by atoms with Crippen LogP contribution in [0.25, 0.3) is 0 Å². The Bertz CT molecular complexity index is 948. The summed E-state index contributed by atoms with van der Waals surface area (Å²) < 4.78 is 0. The van der Waals surface area contributed by atoms with Crippen molar-refractivity contribution in [3.05, 3.63) is 70.8 Å². The molecule has 0 bridgehead atoms. The molecule has 0 aromatic heterocycles. The number of rotatable bonds is 6. The first-order valence-corrected chi connectivity index (χ1v) is 10.1. The predicted octanol–water partition coefficient (Wildman–Crippen LogP) is 2.80. The summed E-state index contributed by atoms with van der Waals surface area (Å²) in [5, 5.41) is 3.04. The zero-order valence-corrected chi connectivity index (χ0v) is 17.5. The second-order valence-corrected chi connectivity index (χ2v) is 7.76. The molecular weight excluding hydrogens is 402 g/mol. The Hall–Kier alpha value is -2.70. The van der Waals surface area contributed by atoms with Gasteiger partial charge in [-0.3, -0.25) is 19.3 Å². The van der Waals surface area contributed by atoms with E-state index in [1.807, 2.05) is 30.3 Å². The number of hydrogen-bond acceptors (Lipinski definition) is 4. The Kier molecular flexibility index (Phi) is 6.90. The number of carbonyl (C=O) groups excluding carboxylic acids is 3. The van der Waals surface area contributed by atoms with Gasteiger partial charge in [-0.05, 0) is 55.5 Å². The standard InChI is InChI=1S/C23H25N3O3.ClH/c24-14-17-7-4-8-20(17)25-21(27)16-9-10-18-19(13-16)23(29)26(22(18)28)12-11-15-5-2-1-3-6-15;/h1-3,5-6,9-10,13,17,20H,4,7-8,11-12,14,24H2,(H,25,27);1H. The van der Waals surface area contributed by atoms with E-state index in [0.29, 0.717) is 42.1 Å². The van der Waals surface area contributed by atoms with Crippen LogP contribution >= 0.6 is 12.4 Å².